The van der Waals surface area contributed by atoms with Gasteiger partial charge in [-0.1, -0.05) is 109 Å². The molecule has 3 heterocycles. The van der Waals surface area contributed by atoms with Crippen LogP contribution in [0.3, 0.4) is 0 Å². The number of aliphatic imine (C=N–C) groups is 1. The van der Waals surface area contributed by atoms with Gasteiger partial charge in [-0.15, -0.1) is 0 Å². The molecule has 2 aliphatic rings. The Morgan fingerprint density at radius 2 is 1.37 bits per heavy atom. The van der Waals surface area contributed by atoms with Crippen molar-refractivity contribution in [2.45, 2.75) is 18.8 Å². The smallest absolute Gasteiger partial charge is 0.145 e. The third-order valence-corrected chi connectivity index (χ3v) is 9.17. The van der Waals surface area contributed by atoms with Gasteiger partial charge < -0.3 is 0 Å². The number of hydrogen-bond donors (Lipinski definition) is 0. The van der Waals surface area contributed by atoms with Crippen LogP contribution in [0, 0.1) is 0 Å². The van der Waals surface area contributed by atoms with Crippen LogP contribution < -0.4 is 0 Å². The van der Waals surface area contributed by atoms with Crippen LogP contribution >= 0.6 is 0 Å². The Morgan fingerprint density at radius 1 is 0.609 bits per heavy atom. The highest BCUT2D eigenvalue weighted by Gasteiger charge is 2.31. The minimum atomic E-state index is 0.232. The molecule has 0 radical (unpaired) electrons. The number of fused-ring (bicyclic) bond motifs is 6. The molecule has 0 bridgehead atoms. The fourth-order valence-corrected chi connectivity index (χ4v) is 6.99. The van der Waals surface area contributed by atoms with Gasteiger partial charge in [-0.3, -0.25) is 9.56 Å². The quantitative estimate of drug-likeness (QED) is 0.205. The van der Waals surface area contributed by atoms with Crippen LogP contribution in [0.2, 0.25) is 0 Å². The van der Waals surface area contributed by atoms with Gasteiger partial charge in [-0.05, 0) is 66.4 Å². The van der Waals surface area contributed by atoms with Crippen molar-refractivity contribution in [2.75, 3.05) is 0 Å². The molecule has 1 aliphatic heterocycles. The molecule has 0 amide bonds. The second-order valence-electron chi connectivity index (χ2n) is 11.9. The highest BCUT2D eigenvalue weighted by molar-refractivity contribution is 6.12. The SMILES string of the molecule is C1=C\CCC2C(=Nc3c2c(-c2cccc(-c4ccc(-c5nc6ccccc6n5-c5ccccc5)cc4)c2)nc2ccccc32)\C=C/1. The first-order valence-corrected chi connectivity index (χ1v) is 15.9. The van der Waals surface area contributed by atoms with E-state index in [-0.39, 0.29) is 5.92 Å². The summed E-state index contributed by atoms with van der Waals surface area (Å²) in [5, 5.41) is 1.12. The highest BCUT2D eigenvalue weighted by Crippen LogP contribution is 2.47. The van der Waals surface area contributed by atoms with Crippen LogP contribution in [0.1, 0.15) is 24.3 Å². The van der Waals surface area contributed by atoms with E-state index in [1.807, 2.05) is 12.1 Å². The molecule has 218 valence electrons. The predicted molar refractivity (Wildman–Crippen MR) is 190 cm³/mol. The molecule has 0 saturated heterocycles. The van der Waals surface area contributed by atoms with Crippen LogP contribution in [-0.2, 0) is 0 Å². The summed E-state index contributed by atoms with van der Waals surface area (Å²) in [6.45, 7) is 0. The molecule has 5 aromatic carbocycles. The molecule has 9 rings (SSSR count). The van der Waals surface area contributed by atoms with Gasteiger partial charge in [0.1, 0.15) is 5.82 Å². The predicted octanol–water partition coefficient (Wildman–Crippen LogP) is 10.7. The Bertz CT molecular complexity index is 2360. The molecule has 2 aromatic heterocycles. The molecule has 1 unspecified atom stereocenters. The Labute approximate surface area is 267 Å². The van der Waals surface area contributed by atoms with Gasteiger partial charge in [0, 0.05) is 39.4 Å². The van der Waals surface area contributed by atoms with E-state index in [1.165, 1.54) is 5.56 Å². The minimum Gasteiger partial charge on any atom is -0.292 e. The van der Waals surface area contributed by atoms with Gasteiger partial charge in [0.15, 0.2) is 0 Å². The lowest BCUT2D eigenvalue weighted by molar-refractivity contribution is 0.795. The molecule has 7 aromatic rings. The van der Waals surface area contributed by atoms with Crippen molar-refractivity contribution in [1.82, 2.24) is 14.5 Å². The summed E-state index contributed by atoms with van der Waals surface area (Å²) in [7, 11) is 0. The summed E-state index contributed by atoms with van der Waals surface area (Å²) < 4.78 is 2.24. The number of para-hydroxylation sites is 4. The first-order valence-electron chi connectivity index (χ1n) is 15.9. The lowest BCUT2D eigenvalue weighted by atomic mass is 9.86. The fraction of sp³-hybridized carbons (Fsp3) is 0.0714. The Balaban J connectivity index is 1.13. The summed E-state index contributed by atoms with van der Waals surface area (Å²) in [6, 6.07) is 44.7. The molecule has 46 heavy (non-hydrogen) atoms. The first-order chi connectivity index (χ1) is 22.8. The number of pyridine rings is 1. The summed E-state index contributed by atoms with van der Waals surface area (Å²) in [6.07, 6.45) is 10.7. The maximum absolute atomic E-state index is 5.28. The summed E-state index contributed by atoms with van der Waals surface area (Å²) in [5.74, 6) is 1.16. The largest absolute Gasteiger partial charge is 0.292 e. The maximum atomic E-state index is 5.28. The Kier molecular flexibility index (Phi) is 6.31. The summed E-state index contributed by atoms with van der Waals surface area (Å²) in [4.78, 5) is 15.5. The van der Waals surface area contributed by atoms with Crippen molar-refractivity contribution >= 4 is 33.3 Å². The van der Waals surface area contributed by atoms with E-state index in [0.29, 0.717) is 0 Å². The number of allylic oxidation sites excluding steroid dienone is 4. The Hall–Kier alpha value is -5.87. The van der Waals surface area contributed by atoms with Crippen molar-refractivity contribution in [3.8, 4) is 39.5 Å². The average molecular weight is 591 g/mol. The lowest BCUT2D eigenvalue weighted by Gasteiger charge is -2.18. The number of aromatic nitrogens is 3. The second kappa shape index (κ2) is 10.9. The van der Waals surface area contributed by atoms with E-state index in [4.69, 9.17) is 15.0 Å². The van der Waals surface area contributed by atoms with Gasteiger partial charge >= 0.3 is 0 Å². The van der Waals surface area contributed by atoms with Crippen molar-refractivity contribution < 1.29 is 0 Å². The third kappa shape index (κ3) is 4.41. The molecule has 4 nitrogen and oxygen atoms in total. The van der Waals surface area contributed by atoms with Crippen molar-refractivity contribution in [2.24, 2.45) is 4.99 Å². The van der Waals surface area contributed by atoms with Crippen LogP contribution in [0.5, 0.6) is 0 Å². The van der Waals surface area contributed by atoms with Crippen molar-refractivity contribution in [3.05, 3.63) is 157 Å². The molecular weight excluding hydrogens is 560 g/mol. The van der Waals surface area contributed by atoms with E-state index in [2.05, 4.69) is 144 Å². The zero-order valence-corrected chi connectivity index (χ0v) is 25.2. The normalized spacial score (nSPS) is 16.8. The minimum absolute atomic E-state index is 0.232. The summed E-state index contributed by atoms with van der Waals surface area (Å²) in [5.41, 5.74) is 13.1. The van der Waals surface area contributed by atoms with Crippen LogP contribution in [0.4, 0.5) is 5.69 Å². The van der Waals surface area contributed by atoms with Gasteiger partial charge in [0.05, 0.1) is 27.9 Å². The Morgan fingerprint density at radius 3 is 2.26 bits per heavy atom. The van der Waals surface area contributed by atoms with Gasteiger partial charge in [0.2, 0.25) is 0 Å². The van der Waals surface area contributed by atoms with Gasteiger partial charge in [-0.25, -0.2) is 9.97 Å². The maximum Gasteiger partial charge on any atom is 0.145 e. The zero-order chi connectivity index (χ0) is 30.5. The third-order valence-electron chi connectivity index (χ3n) is 9.17. The number of rotatable bonds is 4. The molecular formula is C42H30N4. The lowest BCUT2D eigenvalue weighted by Crippen LogP contribution is -2.08. The van der Waals surface area contributed by atoms with Crippen LogP contribution in [-0.4, -0.2) is 20.2 Å². The van der Waals surface area contributed by atoms with Crippen molar-refractivity contribution in [1.29, 1.82) is 0 Å². The molecule has 1 atom stereocenters. The van der Waals surface area contributed by atoms with Gasteiger partial charge in [0.25, 0.3) is 0 Å². The number of imidazole rings is 1. The molecule has 1 aliphatic carbocycles. The molecule has 0 fully saturated rings. The number of nitrogens with zero attached hydrogens (tertiary/aromatic N) is 4. The highest BCUT2D eigenvalue weighted by atomic mass is 15.1. The topological polar surface area (TPSA) is 43.1 Å². The van der Waals surface area contributed by atoms with Crippen molar-refractivity contribution in [3.63, 3.8) is 0 Å². The van der Waals surface area contributed by atoms with E-state index in [0.717, 1.165) is 85.6 Å². The average Bonchev–Trinajstić information content (AvgIpc) is 3.67. The zero-order valence-electron chi connectivity index (χ0n) is 25.2. The van der Waals surface area contributed by atoms with Crippen LogP contribution in [0.25, 0.3) is 61.4 Å². The van der Waals surface area contributed by atoms with Gasteiger partial charge in [-0.2, -0.15) is 0 Å². The number of hydrogen-bond acceptors (Lipinski definition) is 3. The first kappa shape index (κ1) is 26.5. The van der Waals surface area contributed by atoms with E-state index < -0.39 is 0 Å². The van der Waals surface area contributed by atoms with E-state index in [9.17, 15) is 0 Å². The van der Waals surface area contributed by atoms with E-state index in [1.54, 1.807) is 0 Å². The molecule has 0 N–H and O–H groups in total. The second-order valence-corrected chi connectivity index (χ2v) is 11.9. The molecule has 0 spiro atoms. The monoisotopic (exact) mass is 590 g/mol. The summed E-state index contributed by atoms with van der Waals surface area (Å²) >= 11 is 0. The van der Waals surface area contributed by atoms with Crippen LogP contribution in [0.15, 0.2) is 157 Å². The van der Waals surface area contributed by atoms with E-state index >= 15 is 0 Å². The fourth-order valence-electron chi connectivity index (χ4n) is 6.99. The number of benzene rings is 5. The standard InChI is InChI=1S/C42H30N4/c1-2-7-19-35-33(17-6-1)39-40(43-36-20-9-8-18-34(36)41(39)44-35)31-14-12-13-30(27-31)28-23-25-29(26-24-28)42-45-37-21-10-11-22-38(37)46(42)32-15-4-3-5-16-32/h1-5,7-16,18-27,33H,6,17H2/b2-1-,19-7-. The molecule has 4 heteroatoms. The molecule has 0 saturated carbocycles.